The third-order valence-corrected chi connectivity index (χ3v) is 6.59. The zero-order valence-electron chi connectivity index (χ0n) is 19.2. The van der Waals surface area contributed by atoms with Crippen molar-refractivity contribution in [3.8, 4) is 45.5 Å². The third-order valence-electron chi connectivity index (χ3n) is 5.66. The Bertz CT molecular complexity index is 1550. The molecule has 0 aliphatic rings. The molecule has 0 bridgehead atoms. The highest BCUT2D eigenvalue weighted by Crippen LogP contribution is 2.38. The second-order valence-electron chi connectivity index (χ2n) is 7.74. The van der Waals surface area contributed by atoms with E-state index in [0.29, 0.717) is 39.9 Å². The molecule has 0 fully saturated rings. The summed E-state index contributed by atoms with van der Waals surface area (Å²) in [6, 6.07) is 17.1. The van der Waals surface area contributed by atoms with E-state index >= 15 is 0 Å². The molecular formula is C26H21FN4O3S. The van der Waals surface area contributed by atoms with Crippen LogP contribution < -0.4 is 9.47 Å². The van der Waals surface area contributed by atoms with E-state index in [-0.39, 0.29) is 5.82 Å². The van der Waals surface area contributed by atoms with Crippen molar-refractivity contribution in [3.63, 3.8) is 0 Å². The quantitative estimate of drug-likeness (QED) is 0.351. The fourth-order valence-electron chi connectivity index (χ4n) is 3.88. The first-order valence-electron chi connectivity index (χ1n) is 10.7. The van der Waals surface area contributed by atoms with Gasteiger partial charge in [0.1, 0.15) is 23.7 Å². The molecule has 0 radical (unpaired) electrons. The number of hydrogen-bond acceptors (Lipinski definition) is 6. The minimum Gasteiger partial charge on any atom is -0.493 e. The molecule has 5 aromatic rings. The fourth-order valence-corrected chi connectivity index (χ4v) is 4.40. The summed E-state index contributed by atoms with van der Waals surface area (Å²) in [7, 11) is 2.05. The lowest BCUT2D eigenvalue weighted by atomic mass is 10.1. The number of methoxy groups -OCH3 is 2. The van der Waals surface area contributed by atoms with Crippen LogP contribution in [-0.4, -0.2) is 44.6 Å². The van der Waals surface area contributed by atoms with Crippen molar-refractivity contribution in [2.24, 2.45) is 0 Å². The lowest BCUT2D eigenvalue weighted by Crippen LogP contribution is -1.95. The number of halogens is 1. The Balaban J connectivity index is 1.74. The van der Waals surface area contributed by atoms with Gasteiger partial charge in [-0.2, -0.15) is 0 Å². The van der Waals surface area contributed by atoms with Crippen molar-refractivity contribution >= 4 is 21.7 Å². The smallest absolute Gasteiger partial charge is 0.162 e. The molecule has 5 rings (SSSR count). The van der Waals surface area contributed by atoms with E-state index in [0.717, 1.165) is 21.4 Å². The van der Waals surface area contributed by atoms with Gasteiger partial charge < -0.3 is 14.5 Å². The van der Waals surface area contributed by atoms with Gasteiger partial charge in [-0.05, 0) is 42.5 Å². The predicted octanol–water partition coefficient (Wildman–Crippen LogP) is 5.25. The molecular weight excluding hydrogens is 467 g/mol. The van der Waals surface area contributed by atoms with Crippen LogP contribution in [0.5, 0.6) is 11.5 Å². The molecule has 0 saturated heterocycles. The molecule has 0 aliphatic heterocycles. The molecule has 0 saturated carbocycles. The first-order valence-corrected chi connectivity index (χ1v) is 12.2. The largest absolute Gasteiger partial charge is 0.493 e. The molecule has 1 unspecified atom stereocenters. The van der Waals surface area contributed by atoms with Crippen LogP contribution in [0.2, 0.25) is 0 Å². The van der Waals surface area contributed by atoms with Gasteiger partial charge in [0.15, 0.2) is 11.5 Å². The number of imidazole rings is 1. The second-order valence-corrected chi connectivity index (χ2v) is 9.12. The summed E-state index contributed by atoms with van der Waals surface area (Å²) in [5, 5.41) is 0.737. The van der Waals surface area contributed by atoms with Crippen LogP contribution in [0.25, 0.3) is 44.9 Å². The summed E-state index contributed by atoms with van der Waals surface area (Å²) >= 11 is 0. The van der Waals surface area contributed by atoms with Crippen molar-refractivity contribution in [1.82, 2.24) is 19.9 Å². The Morgan fingerprint density at radius 1 is 0.857 bits per heavy atom. The van der Waals surface area contributed by atoms with Gasteiger partial charge >= 0.3 is 0 Å². The van der Waals surface area contributed by atoms with Crippen LogP contribution in [0.1, 0.15) is 0 Å². The predicted molar refractivity (Wildman–Crippen MR) is 133 cm³/mol. The van der Waals surface area contributed by atoms with Crippen molar-refractivity contribution in [3.05, 3.63) is 72.8 Å². The average Bonchev–Trinajstić information content (AvgIpc) is 3.33. The Kier molecular flexibility index (Phi) is 6.00. The molecule has 0 aliphatic carbocycles. The second kappa shape index (κ2) is 9.27. The van der Waals surface area contributed by atoms with Crippen molar-refractivity contribution in [1.29, 1.82) is 0 Å². The lowest BCUT2D eigenvalue weighted by Gasteiger charge is -2.11. The lowest BCUT2D eigenvalue weighted by molar-refractivity contribution is 0.356. The average molecular weight is 489 g/mol. The van der Waals surface area contributed by atoms with E-state index in [1.165, 1.54) is 18.5 Å². The minimum absolute atomic E-state index is 0.335. The topological polar surface area (TPSA) is 90.0 Å². The van der Waals surface area contributed by atoms with Crippen molar-refractivity contribution in [2.45, 2.75) is 4.90 Å². The Morgan fingerprint density at radius 3 is 2.17 bits per heavy atom. The molecule has 3 aromatic carbocycles. The van der Waals surface area contributed by atoms with Crippen molar-refractivity contribution < 1.29 is 18.1 Å². The molecule has 176 valence electrons. The third kappa shape index (κ3) is 4.26. The summed E-state index contributed by atoms with van der Waals surface area (Å²) in [4.78, 5) is 17.9. The highest BCUT2D eigenvalue weighted by atomic mass is 32.2. The molecule has 0 spiro atoms. The number of aromatic nitrogens is 4. The fraction of sp³-hybridized carbons (Fsp3) is 0.115. The zero-order chi connectivity index (χ0) is 24.5. The molecule has 35 heavy (non-hydrogen) atoms. The SMILES string of the molecule is COc1cc2ncnc(-c3[nH]c(-c4ccc(S(C)=O)cc4)nc3-c3ccc(F)cc3)c2cc1OC. The number of H-pyrrole nitrogens is 1. The van der Waals surface area contributed by atoms with Crippen LogP contribution in [0, 0.1) is 5.82 Å². The number of nitrogens with zero attached hydrogens (tertiary/aromatic N) is 3. The van der Waals surface area contributed by atoms with Gasteiger partial charge in [0.2, 0.25) is 0 Å². The minimum atomic E-state index is -1.08. The number of aromatic amines is 1. The Morgan fingerprint density at radius 2 is 1.51 bits per heavy atom. The van der Waals surface area contributed by atoms with E-state index in [2.05, 4.69) is 15.0 Å². The van der Waals surface area contributed by atoms with Gasteiger partial charge in [0, 0.05) is 44.5 Å². The molecule has 2 heterocycles. The van der Waals surface area contributed by atoms with E-state index in [9.17, 15) is 8.60 Å². The Hall–Kier alpha value is -4.11. The molecule has 9 heteroatoms. The summed E-state index contributed by atoms with van der Waals surface area (Å²) in [6.07, 6.45) is 3.11. The number of benzene rings is 3. The van der Waals surface area contributed by atoms with Gasteiger partial charge in [0.25, 0.3) is 0 Å². The van der Waals surface area contributed by atoms with E-state index in [4.69, 9.17) is 14.5 Å². The zero-order valence-corrected chi connectivity index (χ0v) is 20.0. The summed E-state index contributed by atoms with van der Waals surface area (Å²) in [5.74, 6) is 1.36. The summed E-state index contributed by atoms with van der Waals surface area (Å²) in [6.45, 7) is 0. The number of nitrogens with one attached hydrogen (secondary N) is 1. The van der Waals surface area contributed by atoms with Gasteiger partial charge in [-0.25, -0.2) is 19.3 Å². The van der Waals surface area contributed by atoms with Crippen LogP contribution in [0.3, 0.4) is 0 Å². The van der Waals surface area contributed by atoms with Gasteiger partial charge in [0.05, 0.1) is 31.1 Å². The number of ether oxygens (including phenoxy) is 2. The number of rotatable bonds is 6. The van der Waals surface area contributed by atoms with E-state index in [1.807, 2.05) is 30.3 Å². The normalized spacial score (nSPS) is 12.0. The monoisotopic (exact) mass is 488 g/mol. The van der Waals surface area contributed by atoms with Gasteiger partial charge in [-0.3, -0.25) is 4.21 Å². The molecule has 1 N–H and O–H groups in total. The van der Waals surface area contributed by atoms with E-state index in [1.54, 1.807) is 38.7 Å². The first kappa shape index (κ1) is 22.7. The maximum Gasteiger partial charge on any atom is 0.162 e. The maximum atomic E-state index is 13.7. The van der Waals surface area contributed by atoms with Crippen LogP contribution in [0.4, 0.5) is 4.39 Å². The summed E-state index contributed by atoms with van der Waals surface area (Å²) < 4.78 is 36.4. The van der Waals surface area contributed by atoms with Gasteiger partial charge in [-0.15, -0.1) is 0 Å². The van der Waals surface area contributed by atoms with Crippen LogP contribution in [0.15, 0.2) is 71.9 Å². The number of fused-ring (bicyclic) bond motifs is 1. The molecule has 7 nitrogen and oxygen atoms in total. The van der Waals surface area contributed by atoms with E-state index < -0.39 is 10.8 Å². The van der Waals surface area contributed by atoms with Crippen molar-refractivity contribution in [2.75, 3.05) is 20.5 Å². The highest BCUT2D eigenvalue weighted by molar-refractivity contribution is 7.84. The molecule has 1 atom stereocenters. The summed E-state index contributed by atoms with van der Waals surface area (Å²) in [5.41, 5.74) is 4.07. The number of hydrogen-bond donors (Lipinski definition) is 1. The molecule has 0 amide bonds. The first-order chi connectivity index (χ1) is 17.0. The standard InChI is InChI=1S/C26H21FN4O3S/c1-33-21-12-19-20(13-22(21)34-2)28-14-29-24(19)25-23(15-4-8-17(27)9-5-15)30-26(31-25)16-6-10-18(11-7-16)35(3)32/h4-14H,1-3H3,(H,30,31). The molecule has 2 aromatic heterocycles. The van der Waals surface area contributed by atoms with Crippen LogP contribution >= 0.6 is 0 Å². The Labute approximate surface area is 203 Å². The van der Waals surface area contributed by atoms with Gasteiger partial charge in [-0.1, -0.05) is 12.1 Å². The van der Waals surface area contributed by atoms with Crippen LogP contribution in [-0.2, 0) is 10.8 Å². The highest BCUT2D eigenvalue weighted by Gasteiger charge is 2.20. The maximum absolute atomic E-state index is 13.7.